The molecule has 0 aliphatic carbocycles. The molecule has 1 unspecified atom stereocenters. The van der Waals surface area contributed by atoms with Crippen LogP contribution in [0.25, 0.3) is 0 Å². The zero-order valence-electron chi connectivity index (χ0n) is 14.0. The third-order valence-corrected chi connectivity index (χ3v) is 4.22. The van der Waals surface area contributed by atoms with Crippen LogP contribution in [0.2, 0.25) is 0 Å². The molecule has 0 spiro atoms. The number of carbonyl (C=O) groups is 1. The number of hydrogen-bond donors (Lipinski definition) is 2. The molecule has 1 atom stereocenters. The normalized spacial score (nSPS) is 12.2. The molecule has 5 nitrogen and oxygen atoms in total. The number of nitrogens with zero attached hydrogens (tertiary/aromatic N) is 1. The van der Waals surface area contributed by atoms with E-state index in [4.69, 9.17) is 0 Å². The lowest BCUT2D eigenvalue weighted by atomic mass is 10.1. The van der Waals surface area contributed by atoms with E-state index in [1.807, 2.05) is 20.1 Å². The van der Waals surface area contributed by atoms with E-state index >= 15 is 0 Å². The zero-order chi connectivity index (χ0) is 16.5. The highest BCUT2D eigenvalue weighted by atomic mass is 32.2. The van der Waals surface area contributed by atoms with Crippen molar-refractivity contribution in [1.29, 1.82) is 0 Å². The Morgan fingerprint density at radius 2 is 2.14 bits per heavy atom. The molecule has 0 saturated heterocycles. The smallest absolute Gasteiger partial charge is 0.254 e. The van der Waals surface area contributed by atoms with Gasteiger partial charge in [0.15, 0.2) is 5.16 Å². The summed E-state index contributed by atoms with van der Waals surface area (Å²) in [6.45, 7) is 6.01. The van der Waals surface area contributed by atoms with Crippen molar-refractivity contribution in [2.45, 2.75) is 70.5 Å². The monoisotopic (exact) mass is 325 g/mol. The number of nitrogens with one attached hydrogen (secondary N) is 2. The van der Waals surface area contributed by atoms with Crippen molar-refractivity contribution in [1.82, 2.24) is 15.3 Å². The maximum atomic E-state index is 12.0. The molecule has 0 radical (unpaired) electrons. The fraction of sp³-hybridized carbons (Fsp3) is 0.688. The maximum Gasteiger partial charge on any atom is 0.254 e. The topological polar surface area (TPSA) is 74.8 Å². The number of unbranched alkanes of at least 4 members (excludes halogenated alkanes) is 2. The number of thioether (sulfide) groups is 1. The largest absolute Gasteiger partial charge is 0.354 e. The van der Waals surface area contributed by atoms with E-state index in [0.29, 0.717) is 29.3 Å². The minimum atomic E-state index is -0.138. The fourth-order valence-electron chi connectivity index (χ4n) is 2.33. The van der Waals surface area contributed by atoms with Gasteiger partial charge in [0.1, 0.15) is 0 Å². The highest BCUT2D eigenvalue weighted by molar-refractivity contribution is 7.98. The Hall–Kier alpha value is -1.30. The van der Waals surface area contributed by atoms with Crippen molar-refractivity contribution >= 4 is 17.7 Å². The van der Waals surface area contributed by atoms with E-state index in [9.17, 15) is 9.59 Å². The first-order chi connectivity index (χ1) is 10.5. The number of aryl methyl sites for hydroxylation is 1. The summed E-state index contributed by atoms with van der Waals surface area (Å²) in [5, 5.41) is 3.61. The maximum absolute atomic E-state index is 12.0. The summed E-state index contributed by atoms with van der Waals surface area (Å²) in [5.74, 6) is -0.00302. The first kappa shape index (κ1) is 18.7. The van der Waals surface area contributed by atoms with Gasteiger partial charge in [0, 0.05) is 23.7 Å². The number of rotatable bonds is 9. The minimum Gasteiger partial charge on any atom is -0.354 e. The van der Waals surface area contributed by atoms with Crippen molar-refractivity contribution in [2.24, 2.45) is 0 Å². The number of amides is 1. The van der Waals surface area contributed by atoms with Gasteiger partial charge in [-0.2, -0.15) is 0 Å². The standard InChI is InChI=1S/C16H27N3O2S/c1-5-6-7-8-11(2)17-14(20)10-9-13-12(3)18-16(22-4)19-15(13)21/h11H,5-10H2,1-4H3,(H,17,20)(H,18,19,21). The van der Waals surface area contributed by atoms with Crippen LogP contribution >= 0.6 is 11.8 Å². The quantitative estimate of drug-likeness (QED) is 0.416. The van der Waals surface area contributed by atoms with Gasteiger partial charge in [-0.3, -0.25) is 9.59 Å². The molecule has 1 aromatic rings. The zero-order valence-corrected chi connectivity index (χ0v) is 14.8. The Labute approximate surface area is 136 Å². The van der Waals surface area contributed by atoms with Crippen molar-refractivity contribution < 1.29 is 4.79 Å². The van der Waals surface area contributed by atoms with E-state index in [-0.39, 0.29) is 17.5 Å². The summed E-state index contributed by atoms with van der Waals surface area (Å²) < 4.78 is 0. The molecule has 0 bridgehead atoms. The molecule has 0 fully saturated rings. The molecule has 22 heavy (non-hydrogen) atoms. The fourth-order valence-corrected chi connectivity index (χ4v) is 2.76. The van der Waals surface area contributed by atoms with Crippen LogP contribution in [0.15, 0.2) is 9.95 Å². The Balaban J connectivity index is 2.49. The van der Waals surface area contributed by atoms with Gasteiger partial charge in [-0.15, -0.1) is 0 Å². The molecule has 0 aliphatic rings. The second-order valence-corrected chi connectivity index (χ2v) is 6.40. The van der Waals surface area contributed by atoms with Crippen LogP contribution in [0.3, 0.4) is 0 Å². The Morgan fingerprint density at radius 3 is 2.73 bits per heavy atom. The minimum absolute atomic E-state index is 0.00302. The highest BCUT2D eigenvalue weighted by Gasteiger charge is 2.12. The van der Waals surface area contributed by atoms with Crippen LogP contribution in [0.5, 0.6) is 0 Å². The molecule has 0 aliphatic heterocycles. The average Bonchev–Trinajstić information content (AvgIpc) is 2.46. The van der Waals surface area contributed by atoms with Crippen LogP contribution in [-0.2, 0) is 11.2 Å². The number of aromatic nitrogens is 2. The third-order valence-electron chi connectivity index (χ3n) is 3.64. The van der Waals surface area contributed by atoms with E-state index in [1.165, 1.54) is 24.6 Å². The van der Waals surface area contributed by atoms with Crippen LogP contribution < -0.4 is 10.9 Å². The number of hydrogen-bond acceptors (Lipinski definition) is 4. The molecule has 1 heterocycles. The highest BCUT2D eigenvalue weighted by Crippen LogP contribution is 2.09. The van der Waals surface area contributed by atoms with Crippen molar-refractivity contribution in [2.75, 3.05) is 6.26 Å². The first-order valence-electron chi connectivity index (χ1n) is 7.91. The van der Waals surface area contributed by atoms with Crippen LogP contribution in [0.1, 0.15) is 57.2 Å². The lowest BCUT2D eigenvalue weighted by molar-refractivity contribution is -0.121. The molecule has 2 N–H and O–H groups in total. The summed E-state index contributed by atoms with van der Waals surface area (Å²) in [7, 11) is 0. The number of aromatic amines is 1. The van der Waals surface area contributed by atoms with Crippen LogP contribution in [0.4, 0.5) is 0 Å². The molecule has 124 valence electrons. The first-order valence-corrected chi connectivity index (χ1v) is 9.13. The van der Waals surface area contributed by atoms with Crippen molar-refractivity contribution in [3.63, 3.8) is 0 Å². The Kier molecular flexibility index (Phi) is 8.24. The second kappa shape index (κ2) is 9.66. The number of carbonyl (C=O) groups excluding carboxylic acids is 1. The van der Waals surface area contributed by atoms with Gasteiger partial charge in [0.05, 0.1) is 0 Å². The lowest BCUT2D eigenvalue weighted by Gasteiger charge is -2.13. The molecule has 6 heteroatoms. The molecular weight excluding hydrogens is 298 g/mol. The lowest BCUT2D eigenvalue weighted by Crippen LogP contribution is -2.33. The summed E-state index contributed by atoms with van der Waals surface area (Å²) in [6.07, 6.45) is 7.13. The van der Waals surface area contributed by atoms with E-state index in [2.05, 4.69) is 22.2 Å². The SMILES string of the molecule is CCCCCC(C)NC(=O)CCc1c(C)nc(SC)[nH]c1=O. The molecule has 1 amide bonds. The Bertz CT molecular complexity index is 543. The average molecular weight is 325 g/mol. The van der Waals surface area contributed by atoms with E-state index < -0.39 is 0 Å². The van der Waals surface area contributed by atoms with Crippen molar-refractivity contribution in [3.8, 4) is 0 Å². The van der Waals surface area contributed by atoms with Crippen LogP contribution in [0, 0.1) is 6.92 Å². The summed E-state index contributed by atoms with van der Waals surface area (Å²) in [4.78, 5) is 31.0. The van der Waals surface area contributed by atoms with Gasteiger partial charge in [-0.25, -0.2) is 4.98 Å². The van der Waals surface area contributed by atoms with Gasteiger partial charge in [0.25, 0.3) is 5.56 Å². The molecule has 1 rings (SSSR count). The van der Waals surface area contributed by atoms with Gasteiger partial charge >= 0.3 is 0 Å². The van der Waals surface area contributed by atoms with Crippen molar-refractivity contribution in [3.05, 3.63) is 21.6 Å². The van der Waals surface area contributed by atoms with E-state index in [1.54, 1.807) is 0 Å². The summed E-state index contributed by atoms with van der Waals surface area (Å²) in [5.41, 5.74) is 1.17. The molecule has 0 aromatic carbocycles. The predicted octanol–water partition coefficient (Wildman–Crippen LogP) is 2.82. The van der Waals surface area contributed by atoms with Crippen LogP contribution in [-0.4, -0.2) is 28.2 Å². The molecular formula is C16H27N3O2S. The van der Waals surface area contributed by atoms with E-state index in [0.717, 1.165) is 12.8 Å². The molecule has 0 saturated carbocycles. The summed E-state index contributed by atoms with van der Waals surface area (Å²) >= 11 is 1.40. The third kappa shape index (κ3) is 6.22. The van der Waals surface area contributed by atoms with Gasteiger partial charge in [-0.05, 0) is 32.9 Å². The molecule has 1 aromatic heterocycles. The van der Waals surface area contributed by atoms with Gasteiger partial charge in [0.2, 0.25) is 5.91 Å². The Morgan fingerprint density at radius 1 is 1.41 bits per heavy atom. The van der Waals surface area contributed by atoms with Gasteiger partial charge in [-0.1, -0.05) is 37.9 Å². The van der Waals surface area contributed by atoms with Gasteiger partial charge < -0.3 is 10.3 Å². The second-order valence-electron chi connectivity index (χ2n) is 5.60. The predicted molar refractivity (Wildman–Crippen MR) is 91.4 cm³/mol. The summed E-state index contributed by atoms with van der Waals surface area (Å²) in [6, 6.07) is 0.190. The number of H-pyrrole nitrogens is 1.